The largest absolute Gasteiger partial charge is 0.355 e. The van der Waals surface area contributed by atoms with Gasteiger partial charge in [0, 0.05) is 26.7 Å². The first-order chi connectivity index (χ1) is 10.2. The summed E-state index contributed by atoms with van der Waals surface area (Å²) in [4.78, 5) is 4.70. The van der Waals surface area contributed by atoms with Crippen molar-refractivity contribution < 1.29 is 0 Å². The second-order valence-electron chi connectivity index (χ2n) is 5.42. The molecule has 0 fully saturated rings. The predicted molar refractivity (Wildman–Crippen MR) is 90.9 cm³/mol. The van der Waals surface area contributed by atoms with Crippen molar-refractivity contribution in [1.82, 2.24) is 4.98 Å². The lowest BCUT2D eigenvalue weighted by Crippen LogP contribution is -2.11. The molecule has 3 heteroatoms. The van der Waals surface area contributed by atoms with E-state index in [1.807, 2.05) is 0 Å². The van der Waals surface area contributed by atoms with Crippen LogP contribution in [0, 0.1) is 6.92 Å². The smallest absolute Gasteiger partial charge is 0.0648 e. The fraction of sp³-hybridized carbons (Fsp3) is 0.111. The van der Waals surface area contributed by atoms with Crippen molar-refractivity contribution in [3.63, 3.8) is 0 Å². The zero-order chi connectivity index (χ0) is 14.4. The number of para-hydroxylation sites is 1. The molecule has 4 rings (SSSR count). The quantitative estimate of drug-likeness (QED) is 0.550. The Morgan fingerprint density at radius 2 is 1.81 bits per heavy atom. The number of nitrogens with one attached hydrogen (secondary N) is 1. The number of hydrogen-bond donors (Lipinski definition) is 2. The highest BCUT2D eigenvalue weighted by Gasteiger charge is 2.14. The second kappa shape index (κ2) is 4.72. The number of fused-ring (bicyclic) bond motifs is 3. The van der Waals surface area contributed by atoms with Gasteiger partial charge in [-0.3, -0.25) is 0 Å². The van der Waals surface area contributed by atoms with Crippen LogP contribution in [0.15, 0.2) is 53.9 Å². The van der Waals surface area contributed by atoms with Crippen molar-refractivity contribution in [2.24, 2.45) is 5.73 Å². The Balaban J connectivity index is 1.90. The minimum Gasteiger partial charge on any atom is -0.355 e. The van der Waals surface area contributed by atoms with E-state index in [2.05, 4.69) is 65.8 Å². The third kappa shape index (κ3) is 1.97. The van der Waals surface area contributed by atoms with Gasteiger partial charge in [-0.15, -0.1) is 11.3 Å². The lowest BCUT2D eigenvalue weighted by Gasteiger charge is -2.12. The standard InChI is InChI=1S/C18H16N2S/c1-11-8-9-21-18(11)17(19)12-6-7-16-14(10-12)13-4-2-3-5-15(13)20-16/h2-10,17,20H,19H2,1H3. The monoisotopic (exact) mass is 292 g/mol. The Morgan fingerprint density at radius 3 is 2.62 bits per heavy atom. The van der Waals surface area contributed by atoms with Gasteiger partial charge in [0.15, 0.2) is 0 Å². The summed E-state index contributed by atoms with van der Waals surface area (Å²) in [5.41, 5.74) is 11.2. The fourth-order valence-electron chi connectivity index (χ4n) is 2.91. The van der Waals surface area contributed by atoms with Crippen molar-refractivity contribution in [3.8, 4) is 0 Å². The van der Waals surface area contributed by atoms with Gasteiger partial charge < -0.3 is 10.7 Å². The van der Waals surface area contributed by atoms with E-state index < -0.39 is 0 Å². The van der Waals surface area contributed by atoms with Crippen molar-refractivity contribution in [2.75, 3.05) is 0 Å². The summed E-state index contributed by atoms with van der Waals surface area (Å²) >= 11 is 1.73. The molecule has 104 valence electrons. The molecule has 0 radical (unpaired) electrons. The van der Waals surface area contributed by atoms with Crippen LogP contribution in [0.2, 0.25) is 0 Å². The number of hydrogen-bond acceptors (Lipinski definition) is 2. The maximum atomic E-state index is 6.47. The van der Waals surface area contributed by atoms with E-state index in [4.69, 9.17) is 5.73 Å². The van der Waals surface area contributed by atoms with Gasteiger partial charge >= 0.3 is 0 Å². The Kier molecular flexibility index (Phi) is 2.84. The number of thiophene rings is 1. The summed E-state index contributed by atoms with van der Waals surface area (Å²) in [6.07, 6.45) is 0. The van der Waals surface area contributed by atoms with Crippen molar-refractivity contribution in [2.45, 2.75) is 13.0 Å². The molecule has 0 bridgehead atoms. The third-order valence-corrected chi connectivity index (χ3v) is 5.18. The predicted octanol–water partition coefficient (Wildman–Crippen LogP) is 4.74. The molecule has 2 nitrogen and oxygen atoms in total. The minimum absolute atomic E-state index is 0.0527. The first kappa shape index (κ1) is 12.6. The van der Waals surface area contributed by atoms with Crippen LogP contribution < -0.4 is 5.73 Å². The molecule has 1 atom stereocenters. The van der Waals surface area contributed by atoms with Crippen molar-refractivity contribution >= 4 is 33.1 Å². The van der Waals surface area contributed by atoms with Gasteiger partial charge in [0.25, 0.3) is 0 Å². The van der Waals surface area contributed by atoms with Gasteiger partial charge in [-0.2, -0.15) is 0 Å². The molecular formula is C18H16N2S. The summed E-state index contributed by atoms with van der Waals surface area (Å²) in [6.45, 7) is 2.12. The lowest BCUT2D eigenvalue weighted by molar-refractivity contribution is 0.887. The number of H-pyrrole nitrogens is 1. The Bertz CT molecular complexity index is 933. The first-order valence-corrected chi connectivity index (χ1v) is 7.92. The molecule has 0 saturated carbocycles. The maximum absolute atomic E-state index is 6.47. The van der Waals surface area contributed by atoms with Crippen LogP contribution in [0.25, 0.3) is 21.8 Å². The van der Waals surface area contributed by atoms with Gasteiger partial charge in [0.1, 0.15) is 0 Å². The van der Waals surface area contributed by atoms with Gasteiger partial charge in [-0.1, -0.05) is 24.3 Å². The van der Waals surface area contributed by atoms with E-state index >= 15 is 0 Å². The molecule has 0 aliphatic carbocycles. The Hall–Kier alpha value is -2.10. The SMILES string of the molecule is Cc1ccsc1C(N)c1ccc2[nH]c3ccccc3c2c1. The van der Waals surface area contributed by atoms with Crippen molar-refractivity contribution in [3.05, 3.63) is 69.9 Å². The number of aryl methyl sites for hydroxylation is 1. The van der Waals surface area contributed by atoms with E-state index in [1.165, 1.54) is 26.7 Å². The van der Waals surface area contributed by atoms with Crippen LogP contribution in [0.5, 0.6) is 0 Å². The highest BCUT2D eigenvalue weighted by Crippen LogP contribution is 2.31. The fourth-order valence-corrected chi connectivity index (χ4v) is 3.87. The molecule has 4 aromatic rings. The summed E-state index contributed by atoms with van der Waals surface area (Å²) in [5, 5.41) is 4.60. The van der Waals surface area contributed by atoms with E-state index in [9.17, 15) is 0 Å². The lowest BCUT2D eigenvalue weighted by atomic mass is 10.0. The Labute approximate surface area is 127 Å². The van der Waals surface area contributed by atoms with Gasteiger partial charge in [0.05, 0.1) is 6.04 Å². The molecule has 0 aliphatic rings. The van der Waals surface area contributed by atoms with Crippen LogP contribution in [0.3, 0.4) is 0 Å². The highest BCUT2D eigenvalue weighted by atomic mass is 32.1. The number of benzene rings is 2. The molecule has 0 amide bonds. The summed E-state index contributed by atoms with van der Waals surface area (Å²) in [7, 11) is 0. The van der Waals surface area contributed by atoms with Crippen LogP contribution in [-0.4, -0.2) is 4.98 Å². The summed E-state index contributed by atoms with van der Waals surface area (Å²) < 4.78 is 0. The number of rotatable bonds is 2. The molecule has 0 saturated heterocycles. The van der Waals surface area contributed by atoms with Crippen LogP contribution in [0.1, 0.15) is 22.0 Å². The molecule has 0 aliphatic heterocycles. The topological polar surface area (TPSA) is 41.8 Å². The first-order valence-electron chi connectivity index (χ1n) is 7.04. The molecular weight excluding hydrogens is 276 g/mol. The number of aromatic amines is 1. The zero-order valence-electron chi connectivity index (χ0n) is 11.8. The number of aromatic nitrogens is 1. The van der Waals surface area contributed by atoms with Crippen LogP contribution in [-0.2, 0) is 0 Å². The summed E-state index contributed by atoms with van der Waals surface area (Å²) in [5.74, 6) is 0. The highest BCUT2D eigenvalue weighted by molar-refractivity contribution is 7.10. The van der Waals surface area contributed by atoms with E-state index in [1.54, 1.807) is 11.3 Å². The van der Waals surface area contributed by atoms with Crippen molar-refractivity contribution in [1.29, 1.82) is 0 Å². The average molecular weight is 292 g/mol. The van der Waals surface area contributed by atoms with Crippen LogP contribution in [0.4, 0.5) is 0 Å². The molecule has 0 spiro atoms. The molecule has 2 aromatic carbocycles. The normalized spacial score (nSPS) is 13.0. The van der Waals surface area contributed by atoms with Gasteiger partial charge in [-0.25, -0.2) is 0 Å². The molecule has 2 aromatic heterocycles. The summed E-state index contributed by atoms with van der Waals surface area (Å²) in [6, 6.07) is 16.9. The van der Waals surface area contributed by atoms with Crippen LogP contribution >= 0.6 is 11.3 Å². The molecule has 3 N–H and O–H groups in total. The Morgan fingerprint density at radius 1 is 1.00 bits per heavy atom. The minimum atomic E-state index is -0.0527. The number of nitrogens with two attached hydrogens (primary N) is 1. The van der Waals surface area contributed by atoms with Gasteiger partial charge in [-0.05, 0) is 47.7 Å². The maximum Gasteiger partial charge on any atom is 0.0648 e. The van der Waals surface area contributed by atoms with E-state index in [0.717, 1.165) is 11.1 Å². The second-order valence-corrected chi connectivity index (χ2v) is 6.37. The molecule has 1 unspecified atom stereocenters. The zero-order valence-corrected chi connectivity index (χ0v) is 12.6. The molecule has 21 heavy (non-hydrogen) atoms. The van der Waals surface area contributed by atoms with E-state index in [0.29, 0.717) is 0 Å². The average Bonchev–Trinajstić information content (AvgIpc) is 3.09. The third-order valence-electron chi connectivity index (χ3n) is 4.07. The van der Waals surface area contributed by atoms with Gasteiger partial charge in [0.2, 0.25) is 0 Å². The van der Waals surface area contributed by atoms with E-state index in [-0.39, 0.29) is 6.04 Å². The molecule has 2 heterocycles.